The minimum absolute atomic E-state index is 0.100. The van der Waals surface area contributed by atoms with Crippen LogP contribution < -0.4 is 5.32 Å². The summed E-state index contributed by atoms with van der Waals surface area (Å²) in [6.45, 7) is 4.40. The Labute approximate surface area is 105 Å². The predicted molar refractivity (Wildman–Crippen MR) is 64.1 cm³/mol. The van der Waals surface area contributed by atoms with Crippen LogP contribution in [0.2, 0.25) is 0 Å². The molecule has 0 aliphatic carbocycles. The highest BCUT2D eigenvalue weighted by molar-refractivity contribution is 5.08. The summed E-state index contributed by atoms with van der Waals surface area (Å²) in [5, 5.41) is 7.08. The Morgan fingerprint density at radius 1 is 1.39 bits per heavy atom. The number of piperidine rings is 1. The van der Waals surface area contributed by atoms with Crippen molar-refractivity contribution < 1.29 is 13.2 Å². The lowest BCUT2D eigenvalue weighted by Crippen LogP contribution is -2.38. The van der Waals surface area contributed by atoms with Crippen molar-refractivity contribution in [3.05, 3.63) is 18.0 Å². The van der Waals surface area contributed by atoms with E-state index in [-0.39, 0.29) is 18.9 Å². The fourth-order valence-corrected chi connectivity index (χ4v) is 2.17. The number of halogens is 3. The van der Waals surface area contributed by atoms with E-state index in [1.807, 2.05) is 13.8 Å². The Morgan fingerprint density at radius 2 is 2.06 bits per heavy atom. The zero-order valence-electron chi connectivity index (χ0n) is 11.0. The molecule has 0 radical (unpaired) electrons. The fraction of sp³-hybridized carbons (Fsp3) is 0.750. The van der Waals surface area contributed by atoms with Crippen LogP contribution in [0.15, 0.2) is 12.3 Å². The predicted octanol–water partition coefficient (Wildman–Crippen LogP) is 3.05. The van der Waals surface area contributed by atoms with E-state index in [9.17, 15) is 13.2 Å². The molecule has 0 saturated carbocycles. The van der Waals surface area contributed by atoms with Gasteiger partial charge in [-0.3, -0.25) is 4.68 Å². The van der Waals surface area contributed by atoms with Crippen LogP contribution in [0, 0.1) is 5.92 Å². The first-order chi connectivity index (χ1) is 8.48. The molecular formula is C12H20F3N3. The quantitative estimate of drug-likeness (QED) is 0.844. The summed E-state index contributed by atoms with van der Waals surface area (Å²) in [7, 11) is 1.74. The van der Waals surface area contributed by atoms with Crippen molar-refractivity contribution in [2.24, 2.45) is 13.0 Å². The highest BCUT2D eigenvalue weighted by Gasteiger charge is 2.42. The molecule has 2 unspecified atom stereocenters. The first-order valence-electron chi connectivity index (χ1n) is 6.26. The maximum absolute atomic E-state index is 12.6. The van der Waals surface area contributed by atoms with Gasteiger partial charge in [-0.1, -0.05) is 13.8 Å². The normalized spacial score (nSPS) is 24.3. The highest BCUT2D eigenvalue weighted by atomic mass is 19.4. The molecule has 18 heavy (non-hydrogen) atoms. The minimum atomic E-state index is -4.08. The summed E-state index contributed by atoms with van der Waals surface area (Å²) >= 11 is 0. The molecule has 1 saturated heterocycles. The molecule has 1 aromatic rings. The molecule has 2 atom stereocenters. The van der Waals surface area contributed by atoms with Crippen molar-refractivity contribution in [1.82, 2.24) is 15.1 Å². The summed E-state index contributed by atoms with van der Waals surface area (Å²) in [6, 6.07) is 1.52. The average Bonchev–Trinajstić information content (AvgIpc) is 2.77. The van der Waals surface area contributed by atoms with E-state index in [2.05, 4.69) is 10.4 Å². The fourth-order valence-electron chi connectivity index (χ4n) is 2.17. The standard InChI is InChI=1S/C10H14F3N3.C2H6/c1-16-9(3-5-15-16)8-6-7(2-4-14-8)10(11,12)13;1-2/h3,5,7-8,14H,2,4,6H2,1H3;1-2H3. The van der Waals surface area contributed by atoms with Gasteiger partial charge in [-0.25, -0.2) is 0 Å². The number of nitrogens with one attached hydrogen (secondary N) is 1. The molecule has 2 rings (SSSR count). The molecule has 1 aromatic heterocycles. The average molecular weight is 263 g/mol. The van der Waals surface area contributed by atoms with Crippen LogP contribution >= 0.6 is 0 Å². The maximum Gasteiger partial charge on any atom is 0.391 e. The maximum atomic E-state index is 12.6. The second-order valence-corrected chi connectivity index (χ2v) is 4.15. The number of nitrogens with zero attached hydrogens (tertiary/aromatic N) is 2. The van der Waals surface area contributed by atoms with E-state index >= 15 is 0 Å². The second kappa shape index (κ2) is 6.22. The summed E-state index contributed by atoms with van der Waals surface area (Å²) < 4.78 is 39.4. The van der Waals surface area contributed by atoms with Crippen molar-refractivity contribution in [3.8, 4) is 0 Å². The van der Waals surface area contributed by atoms with Crippen LogP contribution in [0.3, 0.4) is 0 Å². The smallest absolute Gasteiger partial charge is 0.309 e. The molecule has 2 heterocycles. The Morgan fingerprint density at radius 3 is 2.56 bits per heavy atom. The van der Waals surface area contributed by atoms with E-state index in [1.165, 1.54) is 0 Å². The Hall–Kier alpha value is -1.04. The highest BCUT2D eigenvalue weighted by Crippen LogP contribution is 2.37. The lowest BCUT2D eigenvalue weighted by molar-refractivity contribution is -0.183. The number of hydrogen-bond donors (Lipinski definition) is 1. The van der Waals surface area contributed by atoms with Gasteiger partial charge in [-0.05, 0) is 25.5 Å². The number of rotatable bonds is 1. The third kappa shape index (κ3) is 3.48. The van der Waals surface area contributed by atoms with Gasteiger partial charge >= 0.3 is 6.18 Å². The second-order valence-electron chi connectivity index (χ2n) is 4.15. The van der Waals surface area contributed by atoms with Crippen LogP contribution in [0.5, 0.6) is 0 Å². The third-order valence-corrected chi connectivity index (χ3v) is 3.08. The molecule has 1 N–H and O–H groups in total. The summed E-state index contributed by atoms with van der Waals surface area (Å²) in [4.78, 5) is 0. The van der Waals surface area contributed by atoms with Crippen molar-refractivity contribution in [2.75, 3.05) is 6.54 Å². The van der Waals surface area contributed by atoms with E-state index in [0.717, 1.165) is 5.69 Å². The number of aryl methyl sites for hydroxylation is 1. The number of hydrogen-bond acceptors (Lipinski definition) is 2. The minimum Gasteiger partial charge on any atom is -0.309 e. The van der Waals surface area contributed by atoms with Crippen molar-refractivity contribution >= 4 is 0 Å². The largest absolute Gasteiger partial charge is 0.391 e. The van der Waals surface area contributed by atoms with Gasteiger partial charge in [-0.2, -0.15) is 18.3 Å². The van der Waals surface area contributed by atoms with Gasteiger partial charge < -0.3 is 5.32 Å². The molecule has 3 nitrogen and oxygen atoms in total. The molecule has 1 aliphatic heterocycles. The van der Waals surface area contributed by atoms with E-state index in [0.29, 0.717) is 6.54 Å². The van der Waals surface area contributed by atoms with Gasteiger partial charge in [0.05, 0.1) is 11.6 Å². The monoisotopic (exact) mass is 263 g/mol. The van der Waals surface area contributed by atoms with E-state index in [4.69, 9.17) is 0 Å². The molecular weight excluding hydrogens is 243 g/mol. The molecule has 6 heteroatoms. The molecule has 0 spiro atoms. The summed E-state index contributed by atoms with van der Waals surface area (Å²) in [5.74, 6) is -1.20. The van der Waals surface area contributed by atoms with Crippen molar-refractivity contribution in [2.45, 2.75) is 38.9 Å². The van der Waals surface area contributed by atoms with Gasteiger partial charge in [0.15, 0.2) is 0 Å². The first-order valence-corrected chi connectivity index (χ1v) is 6.26. The SMILES string of the molecule is CC.Cn1nccc1C1CC(C(F)(F)F)CCN1. The molecule has 0 amide bonds. The van der Waals surface area contributed by atoms with Crippen molar-refractivity contribution in [3.63, 3.8) is 0 Å². The Kier molecular flexibility index (Phi) is 5.19. The molecule has 0 bridgehead atoms. The van der Waals surface area contributed by atoms with Crippen LogP contribution in [-0.4, -0.2) is 22.5 Å². The molecule has 0 aromatic carbocycles. The van der Waals surface area contributed by atoms with Gasteiger partial charge in [0.25, 0.3) is 0 Å². The lowest BCUT2D eigenvalue weighted by atomic mass is 9.90. The summed E-state index contributed by atoms with van der Waals surface area (Å²) in [5.41, 5.74) is 0.814. The van der Waals surface area contributed by atoms with Gasteiger partial charge in [-0.15, -0.1) is 0 Å². The zero-order chi connectivity index (χ0) is 13.8. The number of aromatic nitrogens is 2. The van der Waals surface area contributed by atoms with Crippen LogP contribution in [-0.2, 0) is 7.05 Å². The Balaban J connectivity index is 0.000000771. The molecule has 1 fully saturated rings. The number of alkyl halides is 3. The van der Waals surface area contributed by atoms with E-state index < -0.39 is 12.1 Å². The van der Waals surface area contributed by atoms with Crippen molar-refractivity contribution in [1.29, 1.82) is 0 Å². The van der Waals surface area contributed by atoms with Crippen LogP contribution in [0.25, 0.3) is 0 Å². The lowest BCUT2D eigenvalue weighted by Gasteiger charge is -2.31. The Bertz CT molecular complexity index is 360. The first kappa shape index (κ1) is 15.0. The van der Waals surface area contributed by atoms with E-state index in [1.54, 1.807) is 24.0 Å². The zero-order valence-corrected chi connectivity index (χ0v) is 11.0. The molecule has 1 aliphatic rings. The topological polar surface area (TPSA) is 29.9 Å². The molecule has 104 valence electrons. The third-order valence-electron chi connectivity index (χ3n) is 3.08. The summed E-state index contributed by atoms with van der Waals surface area (Å²) in [6.07, 6.45) is -2.21. The van der Waals surface area contributed by atoms with Gasteiger partial charge in [0, 0.05) is 19.3 Å². The van der Waals surface area contributed by atoms with Gasteiger partial charge in [0.1, 0.15) is 0 Å². The van der Waals surface area contributed by atoms with Gasteiger partial charge in [0.2, 0.25) is 0 Å². The van der Waals surface area contributed by atoms with Crippen LogP contribution in [0.1, 0.15) is 38.4 Å². The van der Waals surface area contributed by atoms with Crippen LogP contribution in [0.4, 0.5) is 13.2 Å².